The van der Waals surface area contributed by atoms with E-state index in [-0.39, 0.29) is 0 Å². The first kappa shape index (κ1) is 12.8. The molecule has 20 heavy (non-hydrogen) atoms. The summed E-state index contributed by atoms with van der Waals surface area (Å²) in [7, 11) is 0. The van der Waals surface area contributed by atoms with Gasteiger partial charge in [-0.25, -0.2) is 0 Å². The minimum Gasteiger partial charge on any atom is -0.339 e. The molecule has 4 saturated carbocycles. The van der Waals surface area contributed by atoms with Gasteiger partial charge in [0.25, 0.3) is 0 Å². The molecule has 4 nitrogen and oxygen atoms in total. The Hall–Kier alpha value is -0.900. The molecule has 4 aliphatic carbocycles. The summed E-state index contributed by atoms with van der Waals surface area (Å²) >= 11 is 0. The van der Waals surface area contributed by atoms with E-state index in [9.17, 15) is 0 Å². The fraction of sp³-hybridized carbons (Fsp3) is 0.875. The van der Waals surface area contributed by atoms with Crippen molar-refractivity contribution in [1.29, 1.82) is 0 Å². The summed E-state index contributed by atoms with van der Waals surface area (Å²) in [5.41, 5.74) is 0.497. The molecule has 1 N–H and O–H groups in total. The third-order valence-corrected chi connectivity index (χ3v) is 5.73. The topological polar surface area (TPSA) is 51.0 Å². The number of nitrogens with zero attached hydrogens (tertiary/aromatic N) is 2. The Balaban J connectivity index is 1.47. The van der Waals surface area contributed by atoms with E-state index in [2.05, 4.69) is 22.4 Å². The molecule has 4 heteroatoms. The Bertz CT molecular complexity index is 447. The fourth-order valence-electron chi connectivity index (χ4n) is 5.50. The predicted molar refractivity (Wildman–Crippen MR) is 76.0 cm³/mol. The van der Waals surface area contributed by atoms with Crippen LogP contribution in [0.5, 0.6) is 0 Å². The number of aromatic nitrogens is 2. The van der Waals surface area contributed by atoms with E-state index in [1.54, 1.807) is 0 Å². The van der Waals surface area contributed by atoms with Gasteiger partial charge in [-0.3, -0.25) is 0 Å². The average Bonchev–Trinajstić information content (AvgIpc) is 2.81. The van der Waals surface area contributed by atoms with Gasteiger partial charge in [0.1, 0.15) is 0 Å². The molecule has 0 unspecified atom stereocenters. The van der Waals surface area contributed by atoms with Gasteiger partial charge in [-0.1, -0.05) is 12.1 Å². The van der Waals surface area contributed by atoms with Crippen LogP contribution in [0.3, 0.4) is 0 Å². The highest BCUT2D eigenvalue weighted by atomic mass is 16.5. The molecule has 0 aromatic carbocycles. The summed E-state index contributed by atoms with van der Waals surface area (Å²) < 4.78 is 5.50. The second-order valence-corrected chi connectivity index (χ2v) is 7.48. The van der Waals surface area contributed by atoms with Gasteiger partial charge in [0, 0.05) is 6.42 Å². The van der Waals surface area contributed by atoms with Crippen molar-refractivity contribution in [3.63, 3.8) is 0 Å². The van der Waals surface area contributed by atoms with Gasteiger partial charge in [0.15, 0.2) is 5.82 Å². The number of rotatable bonds is 5. The van der Waals surface area contributed by atoms with E-state index < -0.39 is 0 Å². The lowest BCUT2D eigenvalue weighted by atomic mass is 9.49. The zero-order chi connectivity index (χ0) is 13.6. The molecule has 110 valence electrons. The number of nitrogens with one attached hydrogen (secondary N) is 1. The Morgan fingerprint density at radius 2 is 1.80 bits per heavy atom. The van der Waals surface area contributed by atoms with Crippen LogP contribution in [0, 0.1) is 23.2 Å². The molecule has 4 fully saturated rings. The van der Waals surface area contributed by atoms with E-state index in [1.807, 2.05) is 0 Å². The number of hydrogen-bond donors (Lipinski definition) is 1. The molecule has 1 aromatic rings. The van der Waals surface area contributed by atoms with E-state index in [0.717, 1.165) is 49.0 Å². The van der Waals surface area contributed by atoms with Crippen LogP contribution >= 0.6 is 0 Å². The molecule has 0 amide bonds. The molecule has 4 bridgehead atoms. The normalized spacial score (nSPS) is 38.5. The monoisotopic (exact) mass is 275 g/mol. The maximum Gasteiger partial charge on any atom is 0.227 e. The highest BCUT2D eigenvalue weighted by molar-refractivity contribution is 5.04. The van der Waals surface area contributed by atoms with Crippen LogP contribution in [0.15, 0.2) is 4.52 Å². The lowest BCUT2D eigenvalue weighted by Gasteiger charge is -2.56. The van der Waals surface area contributed by atoms with Crippen molar-refractivity contribution in [2.24, 2.45) is 23.2 Å². The summed E-state index contributed by atoms with van der Waals surface area (Å²) in [6.07, 6.45) is 9.73. The Labute approximate surface area is 120 Å². The molecule has 4 aliphatic rings. The van der Waals surface area contributed by atoms with Crippen LogP contribution in [0.25, 0.3) is 0 Å². The lowest BCUT2D eigenvalue weighted by molar-refractivity contribution is -0.0556. The summed E-state index contributed by atoms with van der Waals surface area (Å²) in [6, 6.07) is 0. The van der Waals surface area contributed by atoms with E-state index in [4.69, 9.17) is 4.52 Å². The molecular formula is C16H25N3O. The van der Waals surface area contributed by atoms with E-state index in [1.165, 1.54) is 38.5 Å². The van der Waals surface area contributed by atoms with Crippen molar-refractivity contribution >= 4 is 0 Å². The van der Waals surface area contributed by atoms with E-state index in [0.29, 0.717) is 5.41 Å². The molecule has 1 aromatic heterocycles. The van der Waals surface area contributed by atoms with E-state index >= 15 is 0 Å². The highest BCUT2D eigenvalue weighted by Crippen LogP contribution is 2.60. The maximum absolute atomic E-state index is 5.50. The predicted octanol–water partition coefficient (Wildman–Crippen LogP) is 2.94. The zero-order valence-electron chi connectivity index (χ0n) is 12.4. The average molecular weight is 275 g/mol. The van der Waals surface area contributed by atoms with Gasteiger partial charge in [-0.05, 0) is 68.2 Å². The van der Waals surface area contributed by atoms with Crippen molar-refractivity contribution in [2.75, 3.05) is 6.54 Å². The Morgan fingerprint density at radius 1 is 1.15 bits per heavy atom. The molecule has 0 radical (unpaired) electrons. The SMILES string of the molecule is CCNCc1noc(CC23CC4CC(CC(C4)C2)C3)n1. The highest BCUT2D eigenvalue weighted by Gasteiger charge is 2.51. The second-order valence-electron chi connectivity index (χ2n) is 7.48. The van der Waals surface area contributed by atoms with Crippen LogP contribution in [-0.4, -0.2) is 16.7 Å². The minimum absolute atomic E-state index is 0.497. The van der Waals surface area contributed by atoms with Crippen molar-refractivity contribution in [3.8, 4) is 0 Å². The Morgan fingerprint density at radius 3 is 2.40 bits per heavy atom. The maximum atomic E-state index is 5.50. The van der Waals surface area contributed by atoms with Gasteiger partial charge < -0.3 is 9.84 Å². The Kier molecular flexibility index (Phi) is 3.09. The third-order valence-electron chi connectivity index (χ3n) is 5.73. The summed E-state index contributed by atoms with van der Waals surface area (Å²) in [6.45, 7) is 3.76. The van der Waals surface area contributed by atoms with Crippen molar-refractivity contribution in [1.82, 2.24) is 15.5 Å². The van der Waals surface area contributed by atoms with Crippen molar-refractivity contribution in [3.05, 3.63) is 11.7 Å². The largest absolute Gasteiger partial charge is 0.339 e. The zero-order valence-corrected chi connectivity index (χ0v) is 12.4. The molecule has 0 saturated heterocycles. The van der Waals surface area contributed by atoms with Crippen molar-refractivity contribution in [2.45, 2.75) is 58.4 Å². The van der Waals surface area contributed by atoms with Gasteiger partial charge in [-0.2, -0.15) is 4.98 Å². The van der Waals surface area contributed by atoms with Crippen LogP contribution in [-0.2, 0) is 13.0 Å². The quantitative estimate of drug-likeness (QED) is 0.897. The van der Waals surface area contributed by atoms with Gasteiger partial charge in [0.05, 0.1) is 6.54 Å². The molecule has 0 atom stereocenters. The first-order valence-corrected chi connectivity index (χ1v) is 8.27. The first-order chi connectivity index (χ1) is 9.75. The standard InChI is InChI=1S/C16H25N3O/c1-2-17-10-14-18-15(20-19-14)9-16-6-11-3-12(7-16)5-13(4-11)8-16/h11-13,17H,2-10H2,1H3. The summed E-state index contributed by atoms with van der Waals surface area (Å²) in [5, 5.41) is 7.36. The number of hydrogen-bond acceptors (Lipinski definition) is 4. The fourth-order valence-corrected chi connectivity index (χ4v) is 5.50. The smallest absolute Gasteiger partial charge is 0.227 e. The third kappa shape index (κ3) is 2.28. The molecule has 5 rings (SSSR count). The molecule has 0 spiro atoms. The van der Waals surface area contributed by atoms with Gasteiger partial charge >= 0.3 is 0 Å². The van der Waals surface area contributed by atoms with Crippen LogP contribution in [0.4, 0.5) is 0 Å². The second kappa shape index (κ2) is 4.83. The van der Waals surface area contributed by atoms with Crippen LogP contribution in [0.1, 0.15) is 57.2 Å². The lowest BCUT2D eigenvalue weighted by Crippen LogP contribution is -2.47. The summed E-state index contributed by atoms with van der Waals surface area (Å²) in [5.74, 6) is 4.66. The first-order valence-electron chi connectivity index (χ1n) is 8.27. The molecule has 0 aliphatic heterocycles. The minimum atomic E-state index is 0.497. The molecule has 1 heterocycles. The molecular weight excluding hydrogens is 250 g/mol. The summed E-state index contributed by atoms with van der Waals surface area (Å²) in [4.78, 5) is 4.58. The van der Waals surface area contributed by atoms with Gasteiger partial charge in [0.2, 0.25) is 5.89 Å². The van der Waals surface area contributed by atoms with Crippen molar-refractivity contribution < 1.29 is 4.52 Å². The van der Waals surface area contributed by atoms with Gasteiger partial charge in [-0.15, -0.1) is 0 Å². The van der Waals surface area contributed by atoms with Crippen LogP contribution in [0.2, 0.25) is 0 Å². The van der Waals surface area contributed by atoms with Crippen LogP contribution < -0.4 is 5.32 Å².